The molecule has 6 heteroatoms. The summed E-state index contributed by atoms with van der Waals surface area (Å²) >= 11 is 3.21. The van der Waals surface area contributed by atoms with Gasteiger partial charge in [0.25, 0.3) is 0 Å². The number of hydrogen-bond acceptors (Lipinski definition) is 2. The highest BCUT2D eigenvalue weighted by Crippen LogP contribution is 2.35. The Bertz CT molecular complexity index is 812. The number of carbonyl (C=O) groups is 1. The summed E-state index contributed by atoms with van der Waals surface area (Å²) in [5.74, 6) is -1.82. The van der Waals surface area contributed by atoms with E-state index in [1.54, 1.807) is 4.57 Å². The number of nitrogens with zero attached hydrogens (tertiary/aromatic N) is 1. The maximum Gasteiger partial charge on any atom is 0.341 e. The summed E-state index contributed by atoms with van der Waals surface area (Å²) in [6.07, 6.45) is 2.79. The lowest BCUT2D eigenvalue weighted by molar-refractivity contribution is 0.0694. The summed E-state index contributed by atoms with van der Waals surface area (Å²) in [6.45, 7) is 1.95. The Kier molecular flexibility index (Phi) is 2.93. The molecule has 1 aliphatic heterocycles. The first-order valence-electron chi connectivity index (χ1n) is 6.21. The molecule has 0 spiro atoms. The first-order valence-corrected chi connectivity index (χ1v) is 7.00. The summed E-state index contributed by atoms with van der Waals surface area (Å²) in [5.41, 5.74) is 0.406. The molecule has 1 aromatic carbocycles. The molecule has 1 atom stereocenters. The number of hydrogen-bond donors (Lipinski definition) is 1. The van der Waals surface area contributed by atoms with E-state index in [-0.39, 0.29) is 17.0 Å². The van der Waals surface area contributed by atoms with Crippen LogP contribution >= 0.6 is 15.9 Å². The van der Waals surface area contributed by atoms with Gasteiger partial charge in [0.1, 0.15) is 11.4 Å². The summed E-state index contributed by atoms with van der Waals surface area (Å²) in [6, 6.07) is 1.19. The van der Waals surface area contributed by atoms with E-state index in [0.29, 0.717) is 16.4 Å². The van der Waals surface area contributed by atoms with Gasteiger partial charge in [-0.1, -0.05) is 0 Å². The zero-order chi connectivity index (χ0) is 14.6. The second kappa shape index (κ2) is 4.41. The molecule has 2 aromatic rings. The Morgan fingerprint density at radius 2 is 2.25 bits per heavy atom. The van der Waals surface area contributed by atoms with Gasteiger partial charge in [0, 0.05) is 17.6 Å². The van der Waals surface area contributed by atoms with Crippen molar-refractivity contribution in [1.82, 2.24) is 4.57 Å². The molecule has 1 N–H and O–H groups in total. The van der Waals surface area contributed by atoms with Crippen LogP contribution in [0, 0.1) is 5.82 Å². The van der Waals surface area contributed by atoms with Crippen molar-refractivity contribution in [2.24, 2.45) is 0 Å². The molecule has 0 amide bonds. The van der Waals surface area contributed by atoms with Gasteiger partial charge in [-0.05, 0) is 47.3 Å². The molecule has 0 saturated heterocycles. The topological polar surface area (TPSA) is 59.3 Å². The highest BCUT2D eigenvalue weighted by molar-refractivity contribution is 9.10. The smallest absolute Gasteiger partial charge is 0.341 e. The molecule has 0 saturated carbocycles. The molecule has 3 rings (SSSR count). The lowest BCUT2D eigenvalue weighted by Gasteiger charge is -2.27. The number of aromatic nitrogens is 1. The summed E-state index contributed by atoms with van der Waals surface area (Å²) < 4.78 is 16.0. The summed E-state index contributed by atoms with van der Waals surface area (Å²) in [5, 5.41) is 9.26. The SMILES string of the molecule is CC1CCc2c(Br)c(F)cc3c(=O)c(C(=O)O)cn1c23. The van der Waals surface area contributed by atoms with Gasteiger partial charge in [0.05, 0.1) is 9.99 Å². The van der Waals surface area contributed by atoms with Gasteiger partial charge in [-0.2, -0.15) is 0 Å². The zero-order valence-electron chi connectivity index (χ0n) is 10.6. The third-order valence-electron chi connectivity index (χ3n) is 3.82. The van der Waals surface area contributed by atoms with Crippen molar-refractivity contribution in [3.63, 3.8) is 0 Å². The molecule has 1 aromatic heterocycles. The number of aromatic carboxylic acids is 1. The van der Waals surface area contributed by atoms with Gasteiger partial charge in [-0.25, -0.2) is 9.18 Å². The average Bonchev–Trinajstić information content (AvgIpc) is 2.39. The maximum atomic E-state index is 13.9. The fourth-order valence-electron chi connectivity index (χ4n) is 2.76. The first-order chi connectivity index (χ1) is 9.41. The molecule has 1 aliphatic rings. The van der Waals surface area contributed by atoms with Crippen LogP contribution in [0.25, 0.3) is 10.9 Å². The van der Waals surface area contributed by atoms with E-state index in [1.807, 2.05) is 6.92 Å². The van der Waals surface area contributed by atoms with Crippen molar-refractivity contribution in [3.8, 4) is 0 Å². The zero-order valence-corrected chi connectivity index (χ0v) is 12.2. The van der Waals surface area contributed by atoms with E-state index in [2.05, 4.69) is 15.9 Å². The minimum absolute atomic E-state index is 0.0704. The standard InChI is InChI=1S/C14H11BrFNO3/c1-6-2-3-7-11(15)10(16)4-8-12(7)17(6)5-9(13(8)18)14(19)20/h4-6H,2-3H2,1H3,(H,19,20). The quantitative estimate of drug-likeness (QED) is 0.868. The Morgan fingerprint density at radius 1 is 1.55 bits per heavy atom. The third-order valence-corrected chi connectivity index (χ3v) is 4.68. The van der Waals surface area contributed by atoms with Gasteiger partial charge < -0.3 is 9.67 Å². The molecule has 0 aliphatic carbocycles. The highest BCUT2D eigenvalue weighted by Gasteiger charge is 2.25. The largest absolute Gasteiger partial charge is 0.477 e. The van der Waals surface area contributed by atoms with Crippen molar-refractivity contribution in [1.29, 1.82) is 0 Å². The Balaban J connectivity index is 2.57. The Hall–Kier alpha value is -1.69. The van der Waals surface area contributed by atoms with Crippen LogP contribution in [0.15, 0.2) is 21.5 Å². The highest BCUT2D eigenvalue weighted by atomic mass is 79.9. The second-order valence-electron chi connectivity index (χ2n) is 5.02. The van der Waals surface area contributed by atoms with Gasteiger partial charge in [0.15, 0.2) is 0 Å². The fourth-order valence-corrected chi connectivity index (χ4v) is 3.27. The Labute approximate surface area is 122 Å². The molecule has 0 bridgehead atoms. The van der Waals surface area contributed by atoms with Crippen molar-refractivity contribution < 1.29 is 14.3 Å². The van der Waals surface area contributed by atoms with Crippen molar-refractivity contribution in [2.75, 3.05) is 0 Å². The summed E-state index contributed by atoms with van der Waals surface area (Å²) in [4.78, 5) is 23.4. The van der Waals surface area contributed by atoms with E-state index in [0.717, 1.165) is 18.1 Å². The molecule has 20 heavy (non-hydrogen) atoms. The molecular weight excluding hydrogens is 329 g/mol. The maximum absolute atomic E-state index is 13.9. The molecule has 4 nitrogen and oxygen atoms in total. The first kappa shape index (κ1) is 13.3. The van der Waals surface area contributed by atoms with Crippen LogP contribution in [0.1, 0.15) is 35.3 Å². The number of halogens is 2. The van der Waals surface area contributed by atoms with Crippen molar-refractivity contribution in [2.45, 2.75) is 25.8 Å². The van der Waals surface area contributed by atoms with Gasteiger partial charge in [-0.3, -0.25) is 4.79 Å². The minimum Gasteiger partial charge on any atom is -0.477 e. The van der Waals surface area contributed by atoms with Crippen LogP contribution in [0.2, 0.25) is 0 Å². The lowest BCUT2D eigenvalue weighted by Crippen LogP contribution is -2.24. The predicted molar refractivity (Wildman–Crippen MR) is 75.9 cm³/mol. The van der Waals surface area contributed by atoms with Crippen molar-refractivity contribution >= 4 is 32.8 Å². The van der Waals surface area contributed by atoms with E-state index in [4.69, 9.17) is 5.11 Å². The second-order valence-corrected chi connectivity index (χ2v) is 5.81. The number of aryl methyl sites for hydroxylation is 1. The monoisotopic (exact) mass is 339 g/mol. The van der Waals surface area contributed by atoms with E-state index in [9.17, 15) is 14.0 Å². The minimum atomic E-state index is -1.29. The van der Waals surface area contributed by atoms with Gasteiger partial charge in [0.2, 0.25) is 5.43 Å². The molecule has 2 heterocycles. The van der Waals surface area contributed by atoms with Crippen molar-refractivity contribution in [3.05, 3.63) is 43.9 Å². The van der Waals surface area contributed by atoms with E-state index in [1.165, 1.54) is 6.20 Å². The predicted octanol–water partition coefficient (Wildman–Crippen LogP) is 3.11. The average molecular weight is 340 g/mol. The number of carboxylic acid groups (broad SMARTS) is 1. The Morgan fingerprint density at radius 3 is 2.90 bits per heavy atom. The fraction of sp³-hybridized carbons (Fsp3) is 0.286. The lowest BCUT2D eigenvalue weighted by atomic mass is 9.96. The number of carboxylic acids is 1. The van der Waals surface area contributed by atoms with Crippen LogP contribution in [0.5, 0.6) is 0 Å². The molecular formula is C14H11BrFNO3. The van der Waals surface area contributed by atoms with E-state index < -0.39 is 17.2 Å². The third kappa shape index (κ3) is 1.71. The molecule has 0 fully saturated rings. The normalized spacial score (nSPS) is 17.4. The number of pyridine rings is 1. The van der Waals surface area contributed by atoms with Crippen LogP contribution < -0.4 is 5.43 Å². The van der Waals surface area contributed by atoms with Crippen LogP contribution in [-0.4, -0.2) is 15.6 Å². The number of rotatable bonds is 1. The van der Waals surface area contributed by atoms with E-state index >= 15 is 0 Å². The van der Waals surface area contributed by atoms with Crippen LogP contribution in [-0.2, 0) is 6.42 Å². The molecule has 104 valence electrons. The van der Waals surface area contributed by atoms with Crippen LogP contribution in [0.4, 0.5) is 4.39 Å². The van der Waals surface area contributed by atoms with Gasteiger partial charge >= 0.3 is 5.97 Å². The molecule has 1 unspecified atom stereocenters. The summed E-state index contributed by atoms with van der Waals surface area (Å²) in [7, 11) is 0. The number of benzene rings is 1. The van der Waals surface area contributed by atoms with Gasteiger partial charge in [-0.15, -0.1) is 0 Å². The molecule has 0 radical (unpaired) electrons. The van der Waals surface area contributed by atoms with Crippen LogP contribution in [0.3, 0.4) is 0 Å².